The van der Waals surface area contributed by atoms with E-state index in [0.717, 1.165) is 0 Å². The minimum absolute atomic E-state index is 0.0802. The lowest BCUT2D eigenvalue weighted by Crippen LogP contribution is -2.46. The van der Waals surface area contributed by atoms with Gasteiger partial charge in [-0.1, -0.05) is 60.7 Å². The SMILES string of the molecule is N[C@H](CCC(=O)O)C(O)(c1ccccc1)c1ccccc1. The van der Waals surface area contributed by atoms with Crippen molar-refractivity contribution in [1.29, 1.82) is 0 Å². The predicted octanol–water partition coefficient (Wildman–Crippen LogP) is 2.11. The summed E-state index contributed by atoms with van der Waals surface area (Å²) in [5, 5.41) is 20.0. The van der Waals surface area contributed by atoms with E-state index in [-0.39, 0.29) is 12.8 Å². The Morgan fingerprint density at radius 2 is 1.43 bits per heavy atom. The van der Waals surface area contributed by atoms with Crippen LogP contribution in [0, 0.1) is 0 Å². The number of rotatable bonds is 6. The monoisotopic (exact) mass is 285 g/mol. The third kappa shape index (κ3) is 3.29. The molecule has 0 radical (unpaired) electrons. The Kier molecular flexibility index (Phi) is 4.73. The first-order chi connectivity index (χ1) is 10.0. The lowest BCUT2D eigenvalue weighted by Gasteiger charge is -2.35. The molecule has 0 aliphatic heterocycles. The molecule has 0 spiro atoms. The van der Waals surface area contributed by atoms with Crippen LogP contribution in [0.2, 0.25) is 0 Å². The van der Waals surface area contributed by atoms with Crippen LogP contribution in [0.25, 0.3) is 0 Å². The Hall–Kier alpha value is -2.17. The van der Waals surface area contributed by atoms with Gasteiger partial charge in [0.2, 0.25) is 0 Å². The highest BCUT2D eigenvalue weighted by molar-refractivity contribution is 5.66. The average molecular weight is 285 g/mol. The Morgan fingerprint density at radius 1 is 1.00 bits per heavy atom. The van der Waals surface area contributed by atoms with Crippen molar-refractivity contribution in [1.82, 2.24) is 0 Å². The number of carboxylic acid groups (broad SMARTS) is 1. The van der Waals surface area contributed by atoms with Gasteiger partial charge in [-0.25, -0.2) is 0 Å². The Morgan fingerprint density at radius 3 is 1.81 bits per heavy atom. The molecule has 2 aromatic rings. The number of carbonyl (C=O) groups is 1. The molecule has 2 rings (SSSR count). The molecule has 0 bridgehead atoms. The summed E-state index contributed by atoms with van der Waals surface area (Å²) in [6, 6.07) is 17.5. The van der Waals surface area contributed by atoms with Crippen molar-refractivity contribution in [2.45, 2.75) is 24.5 Å². The number of carboxylic acids is 1. The molecular weight excluding hydrogens is 266 g/mol. The van der Waals surface area contributed by atoms with Gasteiger partial charge >= 0.3 is 5.97 Å². The Bertz CT molecular complexity index is 544. The van der Waals surface area contributed by atoms with E-state index in [2.05, 4.69) is 0 Å². The van der Waals surface area contributed by atoms with Gasteiger partial charge in [-0.3, -0.25) is 4.79 Å². The van der Waals surface area contributed by atoms with Gasteiger partial charge < -0.3 is 15.9 Å². The van der Waals surface area contributed by atoms with Gasteiger partial charge in [-0.2, -0.15) is 0 Å². The number of benzene rings is 2. The molecule has 0 fully saturated rings. The molecular formula is C17H19NO3. The number of nitrogens with two attached hydrogens (primary N) is 1. The molecule has 110 valence electrons. The van der Waals surface area contributed by atoms with Crippen LogP contribution in [0.5, 0.6) is 0 Å². The molecule has 0 heterocycles. The summed E-state index contributed by atoms with van der Waals surface area (Å²) in [5.41, 5.74) is 6.07. The zero-order valence-corrected chi connectivity index (χ0v) is 11.6. The molecule has 0 unspecified atom stereocenters. The number of aliphatic hydroxyl groups is 1. The molecule has 0 amide bonds. The molecule has 1 atom stereocenters. The molecule has 4 N–H and O–H groups in total. The molecule has 4 heteroatoms. The summed E-state index contributed by atoms with van der Waals surface area (Å²) in [5.74, 6) is -0.922. The maximum atomic E-state index is 11.2. The van der Waals surface area contributed by atoms with Crippen LogP contribution in [0.4, 0.5) is 0 Å². The third-order valence-corrected chi connectivity index (χ3v) is 3.63. The van der Waals surface area contributed by atoms with Crippen molar-refractivity contribution in [3.63, 3.8) is 0 Å². The second-order valence-electron chi connectivity index (χ2n) is 5.04. The summed E-state index contributed by atoms with van der Waals surface area (Å²) in [6.45, 7) is 0. The summed E-state index contributed by atoms with van der Waals surface area (Å²) in [6.07, 6.45) is 0.110. The summed E-state index contributed by atoms with van der Waals surface area (Å²) < 4.78 is 0. The maximum Gasteiger partial charge on any atom is 0.303 e. The molecule has 0 saturated heterocycles. The van der Waals surface area contributed by atoms with Crippen LogP contribution >= 0.6 is 0 Å². The topological polar surface area (TPSA) is 83.6 Å². The molecule has 2 aromatic carbocycles. The van der Waals surface area contributed by atoms with Crippen LogP contribution in [-0.4, -0.2) is 22.2 Å². The van der Waals surface area contributed by atoms with E-state index in [1.54, 1.807) is 24.3 Å². The first-order valence-electron chi connectivity index (χ1n) is 6.86. The largest absolute Gasteiger partial charge is 0.481 e. The average Bonchev–Trinajstić information content (AvgIpc) is 2.53. The molecule has 0 aromatic heterocycles. The van der Waals surface area contributed by atoms with E-state index in [1.807, 2.05) is 36.4 Å². The Labute approximate surface area is 123 Å². The molecule has 0 aliphatic rings. The van der Waals surface area contributed by atoms with Gasteiger partial charge in [-0.05, 0) is 17.5 Å². The van der Waals surface area contributed by atoms with E-state index in [0.29, 0.717) is 11.1 Å². The van der Waals surface area contributed by atoms with Crippen LogP contribution in [0.15, 0.2) is 60.7 Å². The van der Waals surface area contributed by atoms with Crippen LogP contribution in [-0.2, 0) is 10.4 Å². The van der Waals surface area contributed by atoms with Crippen LogP contribution in [0.3, 0.4) is 0 Å². The molecule has 0 saturated carbocycles. The third-order valence-electron chi connectivity index (χ3n) is 3.63. The zero-order chi connectivity index (χ0) is 15.3. The van der Waals surface area contributed by atoms with Gasteiger partial charge in [0, 0.05) is 12.5 Å². The first kappa shape index (κ1) is 15.2. The van der Waals surface area contributed by atoms with Crippen molar-refractivity contribution in [3.8, 4) is 0 Å². The van der Waals surface area contributed by atoms with E-state index in [9.17, 15) is 9.90 Å². The van der Waals surface area contributed by atoms with Gasteiger partial charge in [0.05, 0.1) is 0 Å². The van der Waals surface area contributed by atoms with E-state index >= 15 is 0 Å². The highest BCUT2D eigenvalue weighted by Crippen LogP contribution is 2.33. The fourth-order valence-corrected chi connectivity index (χ4v) is 2.47. The number of hydrogen-bond donors (Lipinski definition) is 3. The van der Waals surface area contributed by atoms with E-state index in [4.69, 9.17) is 10.8 Å². The minimum atomic E-state index is -1.40. The highest BCUT2D eigenvalue weighted by atomic mass is 16.4. The molecule has 21 heavy (non-hydrogen) atoms. The van der Waals surface area contributed by atoms with Crippen LogP contribution in [0.1, 0.15) is 24.0 Å². The lowest BCUT2D eigenvalue weighted by atomic mass is 9.79. The summed E-state index contributed by atoms with van der Waals surface area (Å²) in [4.78, 5) is 10.8. The molecule has 0 aliphatic carbocycles. The van der Waals surface area contributed by atoms with Crippen molar-refractivity contribution in [2.75, 3.05) is 0 Å². The maximum absolute atomic E-state index is 11.2. The number of aliphatic carboxylic acids is 1. The van der Waals surface area contributed by atoms with Crippen LogP contribution < -0.4 is 5.73 Å². The van der Waals surface area contributed by atoms with Gasteiger partial charge in [-0.15, -0.1) is 0 Å². The minimum Gasteiger partial charge on any atom is -0.481 e. The number of hydrogen-bond acceptors (Lipinski definition) is 3. The predicted molar refractivity (Wildman–Crippen MR) is 80.7 cm³/mol. The summed E-state index contributed by atoms with van der Waals surface area (Å²) >= 11 is 0. The quantitative estimate of drug-likeness (QED) is 0.759. The van der Waals surface area contributed by atoms with Crippen molar-refractivity contribution >= 4 is 5.97 Å². The second-order valence-corrected chi connectivity index (χ2v) is 5.04. The lowest BCUT2D eigenvalue weighted by molar-refractivity contribution is -0.137. The van der Waals surface area contributed by atoms with Crippen molar-refractivity contribution < 1.29 is 15.0 Å². The first-order valence-corrected chi connectivity index (χ1v) is 6.86. The fraction of sp³-hybridized carbons (Fsp3) is 0.235. The van der Waals surface area contributed by atoms with Gasteiger partial charge in [0.25, 0.3) is 0 Å². The van der Waals surface area contributed by atoms with Crippen molar-refractivity contribution in [2.24, 2.45) is 5.73 Å². The summed E-state index contributed by atoms with van der Waals surface area (Å²) in [7, 11) is 0. The Balaban J connectivity index is 2.42. The van der Waals surface area contributed by atoms with Gasteiger partial charge in [0.15, 0.2) is 0 Å². The fourth-order valence-electron chi connectivity index (χ4n) is 2.47. The second kappa shape index (κ2) is 6.52. The van der Waals surface area contributed by atoms with Crippen molar-refractivity contribution in [3.05, 3.63) is 71.8 Å². The smallest absolute Gasteiger partial charge is 0.303 e. The van der Waals surface area contributed by atoms with E-state index < -0.39 is 17.6 Å². The van der Waals surface area contributed by atoms with E-state index in [1.165, 1.54) is 0 Å². The standard InChI is InChI=1S/C17H19NO3/c18-15(11-12-16(19)20)17(21,13-7-3-1-4-8-13)14-9-5-2-6-10-14/h1-10,15,21H,11-12,18H2,(H,19,20)/t15-/m1/s1. The normalized spacial score (nSPS) is 12.9. The highest BCUT2D eigenvalue weighted by Gasteiger charge is 2.37. The van der Waals surface area contributed by atoms with Gasteiger partial charge in [0.1, 0.15) is 5.60 Å². The molecule has 4 nitrogen and oxygen atoms in total. The zero-order valence-electron chi connectivity index (χ0n) is 11.6.